The van der Waals surface area contributed by atoms with Crippen molar-refractivity contribution < 1.29 is 0 Å². The van der Waals surface area contributed by atoms with E-state index in [1.807, 2.05) is 0 Å². The normalized spacial score (nSPS) is 19.2. The molecule has 0 aliphatic carbocycles. The van der Waals surface area contributed by atoms with Gasteiger partial charge in [0, 0.05) is 9.52 Å². The lowest BCUT2D eigenvalue weighted by atomic mass is 10.4. The van der Waals surface area contributed by atoms with Crippen LogP contribution in [0.25, 0.3) is 0 Å². The second kappa shape index (κ2) is 5.54. The molecule has 0 aromatic carbocycles. The van der Waals surface area contributed by atoms with E-state index in [9.17, 15) is 0 Å². The number of rotatable bonds is 4. The molecule has 1 heterocycles. The lowest BCUT2D eigenvalue weighted by Crippen LogP contribution is -2.20. The third-order valence-electron chi connectivity index (χ3n) is 2.43. The Kier molecular flexibility index (Phi) is 4.62. The zero-order valence-corrected chi connectivity index (χ0v) is 9.89. The molecule has 0 radical (unpaired) electrons. The van der Waals surface area contributed by atoms with E-state index in [0.29, 0.717) is 0 Å². The molecule has 1 nitrogen and oxygen atoms in total. The number of nitrogens with zero attached hydrogens (tertiary/aromatic N) is 1. The van der Waals surface area contributed by atoms with Crippen LogP contribution in [0, 0.1) is 0 Å². The van der Waals surface area contributed by atoms with E-state index < -0.39 is 0 Å². The second-order valence-corrected chi connectivity index (χ2v) is 5.67. The number of hydrogen-bond donors (Lipinski definition) is 0. The first-order valence-electron chi connectivity index (χ1n) is 5.15. The van der Waals surface area contributed by atoms with Gasteiger partial charge in [-0.3, -0.25) is 0 Å². The lowest BCUT2D eigenvalue weighted by Gasteiger charge is -2.12. The van der Waals surface area contributed by atoms with Crippen molar-refractivity contribution in [2.24, 2.45) is 0 Å². The average Bonchev–Trinajstić information content (AvgIpc) is 2.49. The second-order valence-electron chi connectivity index (χ2n) is 3.97. The van der Waals surface area contributed by atoms with E-state index in [1.54, 1.807) is 0 Å². The molecule has 0 saturated carbocycles. The molecule has 1 rings (SSSR count). The van der Waals surface area contributed by atoms with Gasteiger partial charge in [0.1, 0.15) is 0 Å². The van der Waals surface area contributed by atoms with Gasteiger partial charge in [-0.15, -0.1) is 5.70 Å². The Bertz CT molecular complexity index is 144. The molecule has 0 bridgehead atoms. The third kappa shape index (κ3) is 4.07. The Balaban J connectivity index is 1.98. The highest BCUT2D eigenvalue weighted by Crippen LogP contribution is 2.07. The molecule has 0 atom stereocenters. The first-order valence-corrected chi connectivity index (χ1v) is 6.96. The Morgan fingerprint density at radius 1 is 1.33 bits per heavy atom. The van der Waals surface area contributed by atoms with Crippen molar-refractivity contribution in [2.45, 2.75) is 32.7 Å². The molecule has 70 valence electrons. The monoisotopic (exact) mass is 183 g/mol. The van der Waals surface area contributed by atoms with Crippen molar-refractivity contribution in [1.82, 2.24) is 4.90 Å². The molecule has 0 aromatic rings. The summed E-state index contributed by atoms with van der Waals surface area (Å²) in [4.78, 5) is 2.62. The van der Waals surface area contributed by atoms with Crippen molar-refractivity contribution >= 4 is 9.52 Å². The first-order chi connectivity index (χ1) is 5.79. The molecule has 1 aliphatic rings. The molecule has 0 amide bonds. The van der Waals surface area contributed by atoms with E-state index in [0.717, 1.165) is 0 Å². The molecule has 2 heteroatoms. The van der Waals surface area contributed by atoms with Gasteiger partial charge in [-0.05, 0) is 52.4 Å². The summed E-state index contributed by atoms with van der Waals surface area (Å²) in [7, 11) is 0.126. The minimum Gasteiger partial charge on any atom is -0.304 e. The fourth-order valence-corrected chi connectivity index (χ4v) is 3.12. The van der Waals surface area contributed by atoms with E-state index in [2.05, 4.69) is 24.4 Å². The maximum absolute atomic E-state index is 2.62. The van der Waals surface area contributed by atoms with Gasteiger partial charge in [-0.1, -0.05) is 5.57 Å². The van der Waals surface area contributed by atoms with E-state index in [-0.39, 0.29) is 9.52 Å². The molecule has 0 N–H and O–H groups in total. The Hall–Kier alpha value is -0.0831. The van der Waals surface area contributed by atoms with Gasteiger partial charge in [-0.2, -0.15) is 0 Å². The summed E-state index contributed by atoms with van der Waals surface area (Å²) < 4.78 is 0. The SMILES string of the molecule is CC(C)=C[SiH2]CCN1CCCC1. The molecule has 0 unspecified atom stereocenters. The molecule has 12 heavy (non-hydrogen) atoms. The van der Waals surface area contributed by atoms with Gasteiger partial charge < -0.3 is 4.90 Å². The zero-order chi connectivity index (χ0) is 8.81. The minimum atomic E-state index is 0.126. The van der Waals surface area contributed by atoms with E-state index >= 15 is 0 Å². The first kappa shape index (κ1) is 10.0. The fraction of sp³-hybridized carbons (Fsp3) is 0.800. The lowest BCUT2D eigenvalue weighted by molar-refractivity contribution is 0.358. The predicted molar refractivity (Wildman–Crippen MR) is 58.5 cm³/mol. The molecule has 0 spiro atoms. The van der Waals surface area contributed by atoms with Crippen molar-refractivity contribution in [3.63, 3.8) is 0 Å². The highest BCUT2D eigenvalue weighted by Gasteiger charge is 2.09. The summed E-state index contributed by atoms with van der Waals surface area (Å²) >= 11 is 0. The van der Waals surface area contributed by atoms with Crippen LogP contribution in [0.4, 0.5) is 0 Å². The number of allylic oxidation sites excluding steroid dienone is 1. The summed E-state index contributed by atoms with van der Waals surface area (Å²) in [5.41, 5.74) is 4.00. The highest BCUT2D eigenvalue weighted by molar-refractivity contribution is 6.42. The van der Waals surface area contributed by atoms with Gasteiger partial charge in [-0.25, -0.2) is 0 Å². The summed E-state index contributed by atoms with van der Waals surface area (Å²) in [6.45, 7) is 8.52. The topological polar surface area (TPSA) is 3.24 Å². The van der Waals surface area contributed by atoms with Crippen LogP contribution in [0.5, 0.6) is 0 Å². The summed E-state index contributed by atoms with van der Waals surface area (Å²) in [5.74, 6) is 0. The Morgan fingerprint density at radius 2 is 2.00 bits per heavy atom. The minimum absolute atomic E-state index is 0.126. The summed E-state index contributed by atoms with van der Waals surface area (Å²) in [6, 6.07) is 1.48. The molecule has 0 aromatic heterocycles. The summed E-state index contributed by atoms with van der Waals surface area (Å²) in [5, 5.41) is 0. The van der Waals surface area contributed by atoms with Crippen LogP contribution < -0.4 is 0 Å². The number of hydrogen-bond acceptors (Lipinski definition) is 1. The van der Waals surface area contributed by atoms with Crippen molar-refractivity contribution in [3.05, 3.63) is 11.3 Å². The van der Waals surface area contributed by atoms with Gasteiger partial charge in [0.15, 0.2) is 0 Å². The van der Waals surface area contributed by atoms with Crippen molar-refractivity contribution in [2.75, 3.05) is 19.6 Å². The largest absolute Gasteiger partial charge is 0.304 e. The van der Waals surface area contributed by atoms with Crippen LogP contribution in [0.2, 0.25) is 6.04 Å². The van der Waals surface area contributed by atoms with Gasteiger partial charge in [0.2, 0.25) is 0 Å². The zero-order valence-electron chi connectivity index (χ0n) is 8.47. The van der Waals surface area contributed by atoms with Gasteiger partial charge >= 0.3 is 0 Å². The van der Waals surface area contributed by atoms with E-state index in [4.69, 9.17) is 0 Å². The summed E-state index contributed by atoms with van der Waals surface area (Å²) in [6.07, 6.45) is 2.87. The van der Waals surface area contributed by atoms with Crippen LogP contribution in [-0.2, 0) is 0 Å². The van der Waals surface area contributed by atoms with Crippen LogP contribution in [-0.4, -0.2) is 34.1 Å². The maximum atomic E-state index is 2.62. The highest BCUT2D eigenvalue weighted by atomic mass is 28.2. The van der Waals surface area contributed by atoms with Crippen LogP contribution in [0.3, 0.4) is 0 Å². The van der Waals surface area contributed by atoms with E-state index in [1.165, 1.54) is 44.1 Å². The predicted octanol–water partition coefficient (Wildman–Crippen LogP) is 1.59. The molecule has 1 aliphatic heterocycles. The Labute approximate surface area is 78.7 Å². The maximum Gasteiger partial charge on any atom is 0.0465 e. The molecule has 1 saturated heterocycles. The van der Waals surface area contributed by atoms with Crippen LogP contribution in [0.15, 0.2) is 11.3 Å². The fourth-order valence-electron chi connectivity index (χ4n) is 1.71. The quantitative estimate of drug-likeness (QED) is 0.473. The van der Waals surface area contributed by atoms with Gasteiger partial charge in [0.05, 0.1) is 0 Å². The molecular weight excluding hydrogens is 162 g/mol. The van der Waals surface area contributed by atoms with Crippen LogP contribution >= 0.6 is 0 Å². The average molecular weight is 183 g/mol. The standard InChI is InChI=1S/C10H21NSi/c1-10(2)9-12-8-7-11-5-3-4-6-11/h9H,3-8,12H2,1-2H3. The number of likely N-dealkylation sites (tertiary alicyclic amines) is 1. The molecular formula is C10H21NSi. The molecule has 1 fully saturated rings. The third-order valence-corrected chi connectivity index (χ3v) is 4.26. The van der Waals surface area contributed by atoms with Gasteiger partial charge in [0.25, 0.3) is 0 Å². The van der Waals surface area contributed by atoms with Crippen molar-refractivity contribution in [1.29, 1.82) is 0 Å². The van der Waals surface area contributed by atoms with Crippen molar-refractivity contribution in [3.8, 4) is 0 Å². The Morgan fingerprint density at radius 3 is 2.58 bits per heavy atom. The van der Waals surface area contributed by atoms with Crippen LogP contribution in [0.1, 0.15) is 26.7 Å². The smallest absolute Gasteiger partial charge is 0.0465 e.